The molecule has 0 amide bonds. The minimum absolute atomic E-state index is 0.0343. The molecule has 2 unspecified atom stereocenters. The molecule has 0 spiro atoms. The van der Waals surface area contributed by atoms with Gasteiger partial charge in [0.05, 0.1) is 11.9 Å². The Bertz CT molecular complexity index is 351. The van der Waals surface area contributed by atoms with Crippen molar-refractivity contribution in [2.75, 3.05) is 12.9 Å². The van der Waals surface area contributed by atoms with Crippen LogP contribution in [0.2, 0.25) is 0 Å². The molecule has 0 saturated heterocycles. The van der Waals surface area contributed by atoms with Crippen molar-refractivity contribution in [2.45, 2.75) is 40.7 Å². The lowest BCUT2D eigenvalue weighted by molar-refractivity contribution is 0.233. The Morgan fingerprint density at radius 3 is 2.35 bits per heavy atom. The molecule has 0 bridgehead atoms. The molecule has 17 heavy (non-hydrogen) atoms. The number of rotatable bonds is 5. The van der Waals surface area contributed by atoms with Gasteiger partial charge < -0.3 is 10.8 Å². The van der Waals surface area contributed by atoms with Crippen LogP contribution in [0.1, 0.15) is 20.8 Å². The second-order valence-corrected chi connectivity index (χ2v) is 8.29. The van der Waals surface area contributed by atoms with E-state index >= 15 is 0 Å². The van der Waals surface area contributed by atoms with Crippen LogP contribution in [0.5, 0.6) is 0 Å². The van der Waals surface area contributed by atoms with Crippen LogP contribution in [0.25, 0.3) is 0 Å². The number of aromatic nitrogens is 2. The van der Waals surface area contributed by atoms with E-state index in [2.05, 4.69) is 31.0 Å². The summed E-state index contributed by atoms with van der Waals surface area (Å²) in [6, 6.07) is -0.0841. The molecule has 2 atom stereocenters. The smallest absolute Gasteiger partial charge is 0.175 e. The quantitative estimate of drug-likeness (QED) is 0.810. The summed E-state index contributed by atoms with van der Waals surface area (Å²) in [4.78, 5) is 0. The topological polar surface area (TPSA) is 72.0 Å². The minimum Gasteiger partial charge on any atom is -0.395 e. The number of thioether (sulfide) groups is 2. The van der Waals surface area contributed by atoms with Crippen LogP contribution in [0.3, 0.4) is 0 Å². The summed E-state index contributed by atoms with van der Waals surface area (Å²) in [6.07, 6.45) is 1.97. The Kier molecular flexibility index (Phi) is 5.72. The van der Waals surface area contributed by atoms with E-state index in [4.69, 9.17) is 5.73 Å². The van der Waals surface area contributed by atoms with Crippen molar-refractivity contribution < 1.29 is 5.11 Å². The highest BCUT2D eigenvalue weighted by atomic mass is 32.2. The van der Waals surface area contributed by atoms with Crippen LogP contribution in [0.4, 0.5) is 0 Å². The van der Waals surface area contributed by atoms with Crippen LogP contribution in [0.15, 0.2) is 8.68 Å². The maximum atomic E-state index is 9.44. The summed E-state index contributed by atoms with van der Waals surface area (Å²) in [5, 5.41) is 17.5. The third-order valence-electron chi connectivity index (χ3n) is 2.40. The first-order chi connectivity index (χ1) is 7.88. The number of hydrogen-bond acceptors (Lipinski definition) is 7. The normalized spacial score (nSPS) is 15.9. The molecule has 1 aromatic heterocycles. The van der Waals surface area contributed by atoms with Gasteiger partial charge in [-0.1, -0.05) is 55.6 Å². The molecular formula is C10H19N3OS3. The van der Waals surface area contributed by atoms with Crippen LogP contribution in [-0.2, 0) is 0 Å². The van der Waals surface area contributed by atoms with E-state index in [0.717, 1.165) is 8.68 Å². The molecule has 0 saturated carbocycles. The summed E-state index contributed by atoms with van der Waals surface area (Å²) >= 11 is 4.63. The molecule has 1 heterocycles. The Hall–Kier alpha value is 0.180. The zero-order valence-corrected chi connectivity index (χ0v) is 13.0. The molecule has 7 heteroatoms. The molecule has 1 rings (SSSR count). The van der Waals surface area contributed by atoms with Gasteiger partial charge in [0.15, 0.2) is 8.68 Å². The second-order valence-electron chi connectivity index (χ2n) is 4.77. The van der Waals surface area contributed by atoms with Gasteiger partial charge in [-0.3, -0.25) is 0 Å². The van der Waals surface area contributed by atoms with Gasteiger partial charge >= 0.3 is 0 Å². The number of nitrogens with zero attached hydrogens (tertiary/aromatic N) is 2. The fourth-order valence-corrected chi connectivity index (χ4v) is 4.18. The average molecular weight is 293 g/mol. The largest absolute Gasteiger partial charge is 0.395 e. The van der Waals surface area contributed by atoms with Gasteiger partial charge in [-0.15, -0.1) is 10.2 Å². The SMILES string of the molecule is CSc1nnc(SC(CO)C(N)C(C)(C)C)s1. The van der Waals surface area contributed by atoms with Gasteiger partial charge in [0.25, 0.3) is 0 Å². The van der Waals surface area contributed by atoms with E-state index in [-0.39, 0.29) is 23.3 Å². The van der Waals surface area contributed by atoms with Gasteiger partial charge in [-0.25, -0.2) is 0 Å². The third kappa shape index (κ3) is 4.40. The van der Waals surface area contributed by atoms with Gasteiger partial charge in [-0.2, -0.15) is 0 Å². The number of aliphatic hydroxyl groups excluding tert-OH is 1. The number of hydrogen-bond donors (Lipinski definition) is 2. The minimum atomic E-state index is -0.0841. The van der Waals surface area contributed by atoms with E-state index in [1.165, 1.54) is 11.8 Å². The van der Waals surface area contributed by atoms with Crippen molar-refractivity contribution in [1.29, 1.82) is 0 Å². The lowest BCUT2D eigenvalue weighted by Gasteiger charge is -2.32. The number of nitrogens with two attached hydrogens (primary N) is 1. The van der Waals surface area contributed by atoms with Gasteiger partial charge in [0.1, 0.15) is 0 Å². The van der Waals surface area contributed by atoms with E-state index in [1.54, 1.807) is 23.1 Å². The first-order valence-corrected chi connectivity index (χ1v) is 8.21. The summed E-state index contributed by atoms with van der Waals surface area (Å²) < 4.78 is 1.81. The molecule has 4 nitrogen and oxygen atoms in total. The summed E-state index contributed by atoms with van der Waals surface area (Å²) in [5.41, 5.74) is 6.13. The first kappa shape index (κ1) is 15.2. The standard InChI is InChI=1S/C10H19N3OS3/c1-10(2,3)7(11)6(5-14)16-9-13-12-8(15-4)17-9/h6-7,14H,5,11H2,1-4H3. The molecule has 0 aliphatic rings. The predicted octanol–water partition coefficient (Wildman–Crippen LogP) is 2.09. The molecule has 0 aliphatic carbocycles. The zero-order valence-electron chi connectivity index (χ0n) is 10.5. The maximum absolute atomic E-state index is 9.44. The Morgan fingerprint density at radius 1 is 1.35 bits per heavy atom. The predicted molar refractivity (Wildman–Crippen MR) is 75.9 cm³/mol. The Labute approximate surface area is 115 Å². The maximum Gasteiger partial charge on any atom is 0.175 e. The zero-order chi connectivity index (χ0) is 13.1. The molecule has 0 aromatic carbocycles. The highest BCUT2D eigenvalue weighted by Crippen LogP contribution is 2.34. The van der Waals surface area contributed by atoms with Crippen LogP contribution < -0.4 is 5.73 Å². The summed E-state index contributed by atoms with van der Waals surface area (Å²) in [7, 11) is 0. The molecule has 0 aliphatic heterocycles. The summed E-state index contributed by atoms with van der Waals surface area (Å²) in [6.45, 7) is 6.29. The van der Waals surface area contributed by atoms with Crippen molar-refractivity contribution >= 4 is 34.9 Å². The Balaban J connectivity index is 2.69. The molecular weight excluding hydrogens is 274 g/mol. The third-order valence-corrected chi connectivity index (χ3v) is 5.66. The highest BCUT2D eigenvalue weighted by Gasteiger charge is 2.30. The van der Waals surface area contributed by atoms with Crippen molar-refractivity contribution in [3.8, 4) is 0 Å². The van der Waals surface area contributed by atoms with E-state index in [0.29, 0.717) is 0 Å². The average Bonchev–Trinajstić information content (AvgIpc) is 2.71. The number of aliphatic hydroxyl groups is 1. The highest BCUT2D eigenvalue weighted by molar-refractivity contribution is 8.03. The molecule has 3 N–H and O–H groups in total. The van der Waals surface area contributed by atoms with Crippen molar-refractivity contribution in [1.82, 2.24) is 10.2 Å². The van der Waals surface area contributed by atoms with E-state index < -0.39 is 0 Å². The molecule has 0 radical (unpaired) electrons. The fourth-order valence-electron chi connectivity index (χ4n) is 1.24. The first-order valence-electron chi connectivity index (χ1n) is 5.29. The van der Waals surface area contributed by atoms with Crippen molar-refractivity contribution in [3.05, 3.63) is 0 Å². The molecule has 1 aromatic rings. The van der Waals surface area contributed by atoms with Gasteiger partial charge in [0, 0.05) is 6.04 Å². The van der Waals surface area contributed by atoms with Crippen LogP contribution >= 0.6 is 34.9 Å². The molecule has 0 fully saturated rings. The Morgan fingerprint density at radius 2 is 1.94 bits per heavy atom. The molecule has 98 valence electrons. The van der Waals surface area contributed by atoms with Gasteiger partial charge in [0.2, 0.25) is 0 Å². The lowest BCUT2D eigenvalue weighted by atomic mass is 9.85. The van der Waals surface area contributed by atoms with Crippen molar-refractivity contribution in [3.63, 3.8) is 0 Å². The van der Waals surface area contributed by atoms with Crippen LogP contribution in [-0.4, -0.2) is 39.5 Å². The monoisotopic (exact) mass is 293 g/mol. The second kappa shape index (κ2) is 6.38. The lowest BCUT2D eigenvalue weighted by Crippen LogP contribution is -2.45. The van der Waals surface area contributed by atoms with Crippen molar-refractivity contribution in [2.24, 2.45) is 11.1 Å². The fraction of sp³-hybridized carbons (Fsp3) is 0.800. The van der Waals surface area contributed by atoms with Gasteiger partial charge in [-0.05, 0) is 11.7 Å². The van der Waals surface area contributed by atoms with E-state index in [9.17, 15) is 5.11 Å². The summed E-state index contributed by atoms with van der Waals surface area (Å²) in [5.74, 6) is 0. The van der Waals surface area contributed by atoms with E-state index in [1.807, 2.05) is 6.26 Å². The van der Waals surface area contributed by atoms with Crippen LogP contribution in [0, 0.1) is 5.41 Å².